The third kappa shape index (κ3) is 6.36. The highest BCUT2D eigenvalue weighted by atomic mass is 16.4. The first kappa shape index (κ1) is 22.4. The van der Waals surface area contributed by atoms with Gasteiger partial charge in [-0.2, -0.15) is 0 Å². The summed E-state index contributed by atoms with van der Waals surface area (Å²) in [5, 5.41) is 20.4. The van der Waals surface area contributed by atoms with Crippen LogP contribution < -0.4 is 5.32 Å². The Morgan fingerprint density at radius 1 is 1.10 bits per heavy atom. The van der Waals surface area contributed by atoms with Crippen molar-refractivity contribution in [2.45, 2.75) is 46.1 Å². The Hall–Kier alpha value is -3.25. The normalized spacial score (nSPS) is 11.6. The van der Waals surface area contributed by atoms with Crippen LogP contribution >= 0.6 is 0 Å². The van der Waals surface area contributed by atoms with E-state index in [2.05, 4.69) is 47.6 Å². The molecule has 0 aliphatic rings. The van der Waals surface area contributed by atoms with Gasteiger partial charge in [0.2, 0.25) is 11.8 Å². The number of aryl methyl sites for hydroxylation is 1. The Bertz CT molecular complexity index is 1030. The Labute approximate surface area is 183 Å². The molecule has 0 atom stereocenters. The molecule has 0 spiro atoms. The highest BCUT2D eigenvalue weighted by Gasteiger charge is 2.13. The third-order valence-corrected chi connectivity index (χ3v) is 5.03. The maximum absolute atomic E-state index is 10.6. The summed E-state index contributed by atoms with van der Waals surface area (Å²) in [7, 11) is 0. The van der Waals surface area contributed by atoms with E-state index in [4.69, 9.17) is 9.52 Å². The van der Waals surface area contributed by atoms with E-state index in [0.717, 1.165) is 41.5 Å². The molecule has 3 rings (SSSR count). The van der Waals surface area contributed by atoms with Crippen LogP contribution in [0, 0.1) is 0 Å². The SMILES string of the molecule is CCCC(=Cc1nnc(-c2ccc(CNCCC(=O)O)cc2CC)o1)c1ccccc1. The summed E-state index contributed by atoms with van der Waals surface area (Å²) >= 11 is 0. The largest absolute Gasteiger partial charge is 0.481 e. The van der Waals surface area contributed by atoms with Gasteiger partial charge in [0.1, 0.15) is 0 Å². The van der Waals surface area contributed by atoms with E-state index in [0.29, 0.717) is 24.9 Å². The molecule has 31 heavy (non-hydrogen) atoms. The van der Waals surface area contributed by atoms with Crippen molar-refractivity contribution in [3.8, 4) is 11.5 Å². The minimum absolute atomic E-state index is 0.111. The van der Waals surface area contributed by atoms with Crippen molar-refractivity contribution in [1.82, 2.24) is 15.5 Å². The van der Waals surface area contributed by atoms with Crippen molar-refractivity contribution in [2.24, 2.45) is 0 Å². The number of hydrogen-bond donors (Lipinski definition) is 2. The lowest BCUT2D eigenvalue weighted by Crippen LogP contribution is -2.17. The summed E-state index contributed by atoms with van der Waals surface area (Å²) in [5.41, 5.74) is 5.49. The number of aromatic nitrogens is 2. The zero-order chi connectivity index (χ0) is 22.1. The van der Waals surface area contributed by atoms with Gasteiger partial charge in [0.25, 0.3) is 0 Å². The van der Waals surface area contributed by atoms with Gasteiger partial charge in [-0.25, -0.2) is 0 Å². The zero-order valence-corrected chi connectivity index (χ0v) is 18.1. The molecule has 0 amide bonds. The van der Waals surface area contributed by atoms with Gasteiger partial charge in [0, 0.05) is 24.7 Å². The monoisotopic (exact) mass is 419 g/mol. The quantitative estimate of drug-likeness (QED) is 0.415. The third-order valence-electron chi connectivity index (χ3n) is 5.03. The molecular weight excluding hydrogens is 390 g/mol. The second-order valence-corrected chi connectivity index (χ2v) is 7.40. The van der Waals surface area contributed by atoms with Crippen LogP contribution in [0.2, 0.25) is 0 Å². The fourth-order valence-electron chi connectivity index (χ4n) is 3.46. The first-order valence-corrected chi connectivity index (χ1v) is 10.7. The van der Waals surface area contributed by atoms with Gasteiger partial charge in [0.05, 0.1) is 6.42 Å². The van der Waals surface area contributed by atoms with E-state index in [-0.39, 0.29) is 6.42 Å². The number of nitrogens with one attached hydrogen (secondary N) is 1. The summed E-state index contributed by atoms with van der Waals surface area (Å²) in [4.78, 5) is 10.6. The van der Waals surface area contributed by atoms with Gasteiger partial charge in [-0.05, 0) is 41.2 Å². The second kappa shape index (κ2) is 11.2. The van der Waals surface area contributed by atoms with Crippen LogP contribution in [-0.4, -0.2) is 27.8 Å². The van der Waals surface area contributed by atoms with Crippen LogP contribution in [0.15, 0.2) is 52.9 Å². The maximum atomic E-state index is 10.6. The van der Waals surface area contributed by atoms with Crippen LogP contribution in [0.5, 0.6) is 0 Å². The Kier molecular flexibility index (Phi) is 8.12. The number of aliphatic carboxylic acids is 1. The van der Waals surface area contributed by atoms with Gasteiger partial charge < -0.3 is 14.8 Å². The molecule has 162 valence electrons. The van der Waals surface area contributed by atoms with E-state index in [1.54, 1.807) is 0 Å². The molecule has 0 bridgehead atoms. The number of nitrogens with zero attached hydrogens (tertiary/aromatic N) is 2. The molecule has 1 aromatic heterocycles. The summed E-state index contributed by atoms with van der Waals surface area (Å²) in [5.74, 6) is 0.217. The van der Waals surface area contributed by atoms with Crippen LogP contribution in [0.1, 0.15) is 55.7 Å². The topological polar surface area (TPSA) is 88.2 Å². The van der Waals surface area contributed by atoms with E-state index in [9.17, 15) is 4.79 Å². The second-order valence-electron chi connectivity index (χ2n) is 7.40. The molecule has 0 saturated heterocycles. The Morgan fingerprint density at radius 3 is 2.61 bits per heavy atom. The number of carboxylic acid groups (broad SMARTS) is 1. The van der Waals surface area contributed by atoms with E-state index in [1.165, 1.54) is 5.57 Å². The van der Waals surface area contributed by atoms with Gasteiger partial charge in [-0.3, -0.25) is 4.79 Å². The number of carboxylic acids is 1. The van der Waals surface area contributed by atoms with Crippen molar-refractivity contribution < 1.29 is 14.3 Å². The fourth-order valence-corrected chi connectivity index (χ4v) is 3.46. The molecule has 2 N–H and O–H groups in total. The van der Waals surface area contributed by atoms with E-state index >= 15 is 0 Å². The summed E-state index contributed by atoms with van der Waals surface area (Å²) < 4.78 is 6.00. The number of carbonyl (C=O) groups is 1. The summed E-state index contributed by atoms with van der Waals surface area (Å²) in [6.45, 7) is 5.31. The number of rotatable bonds is 11. The first-order valence-electron chi connectivity index (χ1n) is 10.7. The molecule has 0 aliphatic heterocycles. The van der Waals surface area contributed by atoms with Crippen molar-refractivity contribution in [3.63, 3.8) is 0 Å². The molecule has 0 radical (unpaired) electrons. The lowest BCUT2D eigenvalue weighted by molar-refractivity contribution is -0.136. The molecule has 6 heteroatoms. The van der Waals surface area contributed by atoms with Gasteiger partial charge in [-0.15, -0.1) is 10.2 Å². The molecule has 0 fully saturated rings. The molecular formula is C25H29N3O3. The number of allylic oxidation sites excluding steroid dienone is 1. The van der Waals surface area contributed by atoms with Crippen LogP contribution in [-0.2, 0) is 17.8 Å². The van der Waals surface area contributed by atoms with Crippen molar-refractivity contribution in [2.75, 3.05) is 6.54 Å². The van der Waals surface area contributed by atoms with Gasteiger partial charge in [-0.1, -0.05) is 62.7 Å². The van der Waals surface area contributed by atoms with Crippen LogP contribution in [0.3, 0.4) is 0 Å². The predicted molar refractivity (Wildman–Crippen MR) is 122 cm³/mol. The molecule has 2 aromatic carbocycles. The first-order chi connectivity index (χ1) is 15.1. The minimum atomic E-state index is -0.798. The number of benzene rings is 2. The molecule has 0 unspecified atom stereocenters. The summed E-state index contributed by atoms with van der Waals surface area (Å²) in [6, 6.07) is 16.4. The lowest BCUT2D eigenvalue weighted by atomic mass is 10.0. The standard InChI is InChI=1S/C25H29N3O3/c1-3-8-21(20-9-6-5-7-10-20)16-23-27-28-25(31-23)22-12-11-18(15-19(22)4-2)17-26-14-13-24(29)30/h5-7,9-12,15-16,26H,3-4,8,13-14,17H2,1-2H3,(H,29,30). The highest BCUT2D eigenvalue weighted by molar-refractivity contribution is 5.79. The van der Waals surface area contributed by atoms with E-state index in [1.807, 2.05) is 36.4 Å². The average molecular weight is 420 g/mol. The molecule has 3 aromatic rings. The lowest BCUT2D eigenvalue weighted by Gasteiger charge is -2.09. The van der Waals surface area contributed by atoms with Crippen molar-refractivity contribution in [1.29, 1.82) is 0 Å². The van der Waals surface area contributed by atoms with Crippen molar-refractivity contribution in [3.05, 3.63) is 71.1 Å². The summed E-state index contributed by atoms with van der Waals surface area (Å²) in [6.07, 6.45) is 4.88. The van der Waals surface area contributed by atoms with Gasteiger partial charge >= 0.3 is 5.97 Å². The molecule has 0 saturated carbocycles. The highest BCUT2D eigenvalue weighted by Crippen LogP contribution is 2.27. The van der Waals surface area contributed by atoms with Crippen LogP contribution in [0.25, 0.3) is 23.1 Å². The smallest absolute Gasteiger partial charge is 0.304 e. The number of hydrogen-bond acceptors (Lipinski definition) is 5. The van der Waals surface area contributed by atoms with Crippen LogP contribution in [0.4, 0.5) is 0 Å². The van der Waals surface area contributed by atoms with E-state index < -0.39 is 5.97 Å². The maximum Gasteiger partial charge on any atom is 0.304 e. The Balaban J connectivity index is 1.78. The molecule has 0 aliphatic carbocycles. The minimum Gasteiger partial charge on any atom is -0.481 e. The van der Waals surface area contributed by atoms with Gasteiger partial charge in [0.15, 0.2) is 0 Å². The fraction of sp³-hybridized carbons (Fsp3) is 0.320. The average Bonchev–Trinajstić information content (AvgIpc) is 3.25. The Morgan fingerprint density at radius 2 is 1.90 bits per heavy atom. The predicted octanol–water partition coefficient (Wildman–Crippen LogP) is 5.20. The van der Waals surface area contributed by atoms with Crippen molar-refractivity contribution >= 4 is 17.6 Å². The zero-order valence-electron chi connectivity index (χ0n) is 18.1. The molecule has 1 heterocycles. The molecule has 6 nitrogen and oxygen atoms in total.